The van der Waals surface area contributed by atoms with E-state index >= 15 is 0 Å². The summed E-state index contributed by atoms with van der Waals surface area (Å²) in [6.45, 7) is 5.78. The summed E-state index contributed by atoms with van der Waals surface area (Å²) in [5.74, 6) is -0.430. The van der Waals surface area contributed by atoms with Gasteiger partial charge in [0.1, 0.15) is 5.41 Å². The van der Waals surface area contributed by atoms with Crippen molar-refractivity contribution in [2.24, 2.45) is 5.41 Å². The molecule has 1 saturated heterocycles. The highest BCUT2D eigenvalue weighted by Crippen LogP contribution is 2.48. The van der Waals surface area contributed by atoms with Crippen LogP contribution in [0, 0.1) is 19.3 Å². The zero-order valence-corrected chi connectivity index (χ0v) is 15.2. The molecule has 3 rings (SSSR count). The molecule has 0 unspecified atom stereocenters. The van der Waals surface area contributed by atoms with Gasteiger partial charge in [-0.25, -0.2) is 0 Å². The fourth-order valence-electron chi connectivity index (χ4n) is 3.30. The number of rotatable bonds is 4. The molecular formula is C18H22ClN3O3. The van der Waals surface area contributed by atoms with Gasteiger partial charge in [-0.3, -0.25) is 14.4 Å². The molecule has 0 bridgehead atoms. The maximum Gasteiger partial charge on any atom is 0.240 e. The largest absolute Gasteiger partial charge is 0.342 e. The van der Waals surface area contributed by atoms with Crippen LogP contribution >= 0.6 is 11.6 Å². The highest BCUT2D eigenvalue weighted by atomic mass is 35.5. The number of hydrogen-bond donors (Lipinski definition) is 1. The number of nitrogens with zero attached hydrogens (tertiary/aromatic N) is 2. The molecule has 0 atom stereocenters. The number of nitrogens with one attached hydrogen (secondary N) is 1. The van der Waals surface area contributed by atoms with Crippen molar-refractivity contribution in [3.05, 3.63) is 28.3 Å². The lowest BCUT2D eigenvalue weighted by molar-refractivity contribution is -0.144. The second-order valence-electron chi connectivity index (χ2n) is 6.91. The van der Waals surface area contributed by atoms with Crippen molar-refractivity contribution < 1.29 is 14.4 Å². The van der Waals surface area contributed by atoms with Crippen molar-refractivity contribution in [3.8, 4) is 0 Å². The molecule has 1 aliphatic heterocycles. The fourth-order valence-corrected chi connectivity index (χ4v) is 3.67. The van der Waals surface area contributed by atoms with Gasteiger partial charge in [0.2, 0.25) is 18.2 Å². The Morgan fingerprint density at radius 3 is 2.32 bits per heavy atom. The summed E-state index contributed by atoms with van der Waals surface area (Å²) < 4.78 is 0. The Hall–Kier alpha value is -2.08. The second kappa shape index (κ2) is 6.67. The first-order valence-corrected chi connectivity index (χ1v) is 8.82. The van der Waals surface area contributed by atoms with Crippen LogP contribution in [-0.4, -0.2) is 54.2 Å². The normalized spacial score (nSPS) is 18.7. The summed E-state index contributed by atoms with van der Waals surface area (Å²) in [6.07, 6.45) is 1.89. The monoisotopic (exact) mass is 363 g/mol. The van der Waals surface area contributed by atoms with Crippen LogP contribution < -0.4 is 5.32 Å². The van der Waals surface area contributed by atoms with E-state index in [-0.39, 0.29) is 11.8 Å². The summed E-state index contributed by atoms with van der Waals surface area (Å²) in [5, 5.41) is 3.34. The summed E-state index contributed by atoms with van der Waals surface area (Å²) in [4.78, 5) is 39.8. The minimum absolute atomic E-state index is 0.142. The molecule has 1 aromatic rings. The van der Waals surface area contributed by atoms with Gasteiger partial charge < -0.3 is 15.1 Å². The van der Waals surface area contributed by atoms with E-state index in [0.717, 1.165) is 17.5 Å². The minimum Gasteiger partial charge on any atom is -0.342 e. The first-order chi connectivity index (χ1) is 11.9. The lowest BCUT2D eigenvalue weighted by atomic mass is 10.0. The van der Waals surface area contributed by atoms with Gasteiger partial charge in [0.25, 0.3) is 0 Å². The van der Waals surface area contributed by atoms with Crippen molar-refractivity contribution in [2.75, 3.05) is 31.5 Å². The Balaban J connectivity index is 1.72. The number of amides is 3. The zero-order chi connectivity index (χ0) is 18.2. The first-order valence-electron chi connectivity index (χ1n) is 8.44. The highest BCUT2D eigenvalue weighted by molar-refractivity contribution is 6.34. The van der Waals surface area contributed by atoms with E-state index in [2.05, 4.69) is 5.32 Å². The minimum atomic E-state index is -0.982. The standard InChI is InChI=1S/C18H22ClN3O3/c1-12-9-13(2)15(14(19)10-12)20-16(24)18(3-4-18)17(25)22-7-5-21(11-23)6-8-22/h9-11H,3-8H2,1-2H3,(H,20,24). The van der Waals surface area contributed by atoms with Crippen LogP contribution in [0.15, 0.2) is 12.1 Å². The Morgan fingerprint density at radius 1 is 1.16 bits per heavy atom. The summed E-state index contributed by atoms with van der Waals surface area (Å²) >= 11 is 6.26. The Bertz CT molecular complexity index is 699. The summed E-state index contributed by atoms with van der Waals surface area (Å²) in [7, 11) is 0. The van der Waals surface area contributed by atoms with Gasteiger partial charge in [-0.1, -0.05) is 17.7 Å². The molecule has 25 heavy (non-hydrogen) atoms. The Labute approximate surface area is 152 Å². The number of aryl methyl sites for hydroxylation is 2. The summed E-state index contributed by atoms with van der Waals surface area (Å²) in [6, 6.07) is 3.74. The Morgan fingerprint density at radius 2 is 1.80 bits per heavy atom. The molecule has 1 heterocycles. The van der Waals surface area contributed by atoms with Crippen molar-refractivity contribution >= 4 is 35.5 Å². The van der Waals surface area contributed by atoms with Crippen molar-refractivity contribution in [3.63, 3.8) is 0 Å². The SMILES string of the molecule is Cc1cc(C)c(NC(=O)C2(C(=O)N3CCN(C=O)CC3)CC2)c(Cl)c1. The van der Waals surface area contributed by atoms with E-state index < -0.39 is 5.41 Å². The Kier molecular flexibility index (Phi) is 4.73. The van der Waals surface area contributed by atoms with E-state index in [1.165, 1.54) is 0 Å². The maximum absolute atomic E-state index is 12.9. The van der Waals surface area contributed by atoms with Gasteiger partial charge in [-0.15, -0.1) is 0 Å². The van der Waals surface area contributed by atoms with Crippen molar-refractivity contribution in [2.45, 2.75) is 26.7 Å². The zero-order valence-electron chi connectivity index (χ0n) is 14.5. The molecular weight excluding hydrogens is 342 g/mol. The molecule has 0 radical (unpaired) electrons. The number of benzene rings is 1. The van der Waals surface area contributed by atoms with Gasteiger partial charge in [0.05, 0.1) is 10.7 Å². The van der Waals surface area contributed by atoms with Gasteiger partial charge >= 0.3 is 0 Å². The number of carbonyl (C=O) groups is 3. The third-order valence-electron chi connectivity index (χ3n) is 5.01. The molecule has 3 amide bonds. The molecule has 1 aliphatic carbocycles. The molecule has 1 saturated carbocycles. The van der Waals surface area contributed by atoms with Crippen LogP contribution in [0.4, 0.5) is 5.69 Å². The van der Waals surface area contributed by atoms with Crippen LogP contribution in [0.3, 0.4) is 0 Å². The third kappa shape index (κ3) is 3.35. The van der Waals surface area contributed by atoms with E-state index in [9.17, 15) is 14.4 Å². The van der Waals surface area contributed by atoms with E-state index in [1.54, 1.807) is 15.9 Å². The second-order valence-corrected chi connectivity index (χ2v) is 7.32. The predicted octanol–water partition coefficient (Wildman–Crippen LogP) is 1.98. The molecule has 1 aromatic carbocycles. The number of carbonyl (C=O) groups excluding carboxylic acids is 3. The fraction of sp³-hybridized carbons (Fsp3) is 0.500. The van der Waals surface area contributed by atoms with E-state index in [4.69, 9.17) is 11.6 Å². The van der Waals surface area contributed by atoms with Crippen LogP contribution in [-0.2, 0) is 14.4 Å². The smallest absolute Gasteiger partial charge is 0.240 e. The molecule has 0 aromatic heterocycles. The lowest BCUT2D eigenvalue weighted by Crippen LogP contribution is -2.52. The van der Waals surface area contributed by atoms with Gasteiger partial charge in [-0.05, 0) is 43.9 Å². The van der Waals surface area contributed by atoms with Crippen LogP contribution in [0.1, 0.15) is 24.0 Å². The lowest BCUT2D eigenvalue weighted by Gasteiger charge is -2.34. The van der Waals surface area contributed by atoms with E-state index in [1.807, 2.05) is 19.9 Å². The van der Waals surface area contributed by atoms with Gasteiger partial charge in [0, 0.05) is 26.2 Å². The first kappa shape index (κ1) is 17.7. The average molecular weight is 364 g/mol. The average Bonchev–Trinajstić information content (AvgIpc) is 3.39. The van der Waals surface area contributed by atoms with Crippen LogP contribution in [0.25, 0.3) is 0 Å². The quantitative estimate of drug-likeness (QED) is 0.657. The van der Waals surface area contributed by atoms with Gasteiger partial charge in [0.15, 0.2) is 0 Å². The third-order valence-corrected chi connectivity index (χ3v) is 5.31. The molecule has 0 spiro atoms. The summed E-state index contributed by atoms with van der Waals surface area (Å²) in [5.41, 5.74) is 1.48. The molecule has 2 aliphatic rings. The van der Waals surface area contributed by atoms with Crippen LogP contribution in [0.5, 0.6) is 0 Å². The molecule has 7 heteroatoms. The molecule has 134 valence electrons. The molecule has 6 nitrogen and oxygen atoms in total. The van der Waals surface area contributed by atoms with Crippen molar-refractivity contribution in [1.82, 2.24) is 9.80 Å². The van der Waals surface area contributed by atoms with Crippen molar-refractivity contribution in [1.29, 1.82) is 0 Å². The number of piperazine rings is 1. The van der Waals surface area contributed by atoms with Gasteiger partial charge in [-0.2, -0.15) is 0 Å². The topological polar surface area (TPSA) is 69.7 Å². The molecule has 1 N–H and O–H groups in total. The number of anilines is 1. The maximum atomic E-state index is 12.9. The predicted molar refractivity (Wildman–Crippen MR) is 95.4 cm³/mol. The number of halogens is 1. The molecule has 2 fully saturated rings. The number of hydrogen-bond acceptors (Lipinski definition) is 3. The van der Waals surface area contributed by atoms with E-state index in [0.29, 0.717) is 49.7 Å². The van der Waals surface area contributed by atoms with Crippen LogP contribution in [0.2, 0.25) is 5.02 Å². The highest BCUT2D eigenvalue weighted by Gasteiger charge is 2.58.